The zero-order chi connectivity index (χ0) is 19.9. The average Bonchev–Trinajstić information content (AvgIpc) is 2.70. The summed E-state index contributed by atoms with van der Waals surface area (Å²) in [5.74, 6) is 0.122. The number of ether oxygens (including phenoxy) is 2. The summed E-state index contributed by atoms with van der Waals surface area (Å²) in [6.45, 7) is 1.35. The van der Waals surface area contributed by atoms with Crippen LogP contribution in [0.3, 0.4) is 0 Å². The number of oxime groups is 1. The van der Waals surface area contributed by atoms with Crippen LogP contribution in [0.25, 0.3) is 5.65 Å². The largest absolute Gasteiger partial charge is 0.497 e. The topological polar surface area (TPSA) is 91.5 Å². The fourth-order valence-electron chi connectivity index (χ4n) is 2.51. The molecular formula is C20H19N3O5. The van der Waals surface area contributed by atoms with Crippen LogP contribution in [-0.2, 0) is 21.0 Å². The fraction of sp³-hybridized carbons (Fsp3) is 0.200. The first-order valence-corrected chi connectivity index (χ1v) is 8.50. The SMILES string of the molecule is COc1ccc(/C=N\OCC(=O)OCc2cc(=O)n3c(C)cccc3n2)cc1. The molecule has 0 amide bonds. The Kier molecular flexibility index (Phi) is 6.01. The highest BCUT2D eigenvalue weighted by Crippen LogP contribution is 2.09. The predicted molar refractivity (Wildman–Crippen MR) is 103 cm³/mol. The second-order valence-electron chi connectivity index (χ2n) is 5.89. The molecule has 0 aliphatic rings. The molecule has 2 heterocycles. The minimum absolute atomic E-state index is 0.121. The molecular weight excluding hydrogens is 362 g/mol. The minimum Gasteiger partial charge on any atom is -0.497 e. The van der Waals surface area contributed by atoms with Crippen molar-refractivity contribution in [1.29, 1.82) is 0 Å². The van der Waals surface area contributed by atoms with Gasteiger partial charge in [-0.3, -0.25) is 9.20 Å². The molecule has 3 aromatic rings. The normalized spacial score (nSPS) is 10.9. The maximum Gasteiger partial charge on any atom is 0.347 e. The molecule has 0 fully saturated rings. The van der Waals surface area contributed by atoms with Crippen LogP contribution in [0.5, 0.6) is 5.75 Å². The molecule has 0 bridgehead atoms. The Balaban J connectivity index is 1.51. The Bertz CT molecular complexity index is 1060. The molecule has 2 aromatic heterocycles. The number of carbonyl (C=O) groups excluding carboxylic acids is 1. The Labute approximate surface area is 161 Å². The van der Waals surface area contributed by atoms with E-state index in [1.807, 2.05) is 19.1 Å². The summed E-state index contributed by atoms with van der Waals surface area (Å²) in [5.41, 5.74) is 2.21. The number of hydrogen-bond acceptors (Lipinski definition) is 7. The van der Waals surface area contributed by atoms with Gasteiger partial charge in [-0.15, -0.1) is 0 Å². The maximum atomic E-state index is 12.2. The van der Waals surface area contributed by atoms with Gasteiger partial charge in [0.25, 0.3) is 5.56 Å². The molecule has 0 saturated heterocycles. The average molecular weight is 381 g/mol. The zero-order valence-electron chi connectivity index (χ0n) is 15.5. The molecule has 8 nitrogen and oxygen atoms in total. The van der Waals surface area contributed by atoms with Crippen LogP contribution in [0.2, 0.25) is 0 Å². The molecule has 0 saturated carbocycles. The Morgan fingerprint density at radius 2 is 2.00 bits per heavy atom. The monoisotopic (exact) mass is 381 g/mol. The van der Waals surface area contributed by atoms with Crippen molar-refractivity contribution in [3.63, 3.8) is 0 Å². The van der Waals surface area contributed by atoms with E-state index >= 15 is 0 Å². The highest BCUT2D eigenvalue weighted by atomic mass is 16.6. The summed E-state index contributed by atoms with van der Waals surface area (Å²) >= 11 is 0. The Morgan fingerprint density at radius 3 is 2.75 bits per heavy atom. The molecule has 28 heavy (non-hydrogen) atoms. The second-order valence-corrected chi connectivity index (χ2v) is 5.89. The van der Waals surface area contributed by atoms with Crippen molar-refractivity contribution in [2.75, 3.05) is 13.7 Å². The van der Waals surface area contributed by atoms with Crippen LogP contribution in [0.1, 0.15) is 17.0 Å². The summed E-state index contributed by atoms with van der Waals surface area (Å²) in [7, 11) is 1.59. The molecule has 0 unspecified atom stereocenters. The van der Waals surface area contributed by atoms with E-state index in [0.29, 0.717) is 11.3 Å². The van der Waals surface area contributed by atoms with E-state index < -0.39 is 5.97 Å². The number of hydrogen-bond donors (Lipinski definition) is 0. The third-order valence-corrected chi connectivity index (χ3v) is 3.89. The molecule has 8 heteroatoms. The molecule has 0 radical (unpaired) electrons. The quantitative estimate of drug-likeness (QED) is 0.354. The Hall–Kier alpha value is -3.68. The number of methoxy groups -OCH3 is 1. The first-order valence-electron chi connectivity index (χ1n) is 8.50. The van der Waals surface area contributed by atoms with Crippen molar-refractivity contribution in [3.8, 4) is 5.75 Å². The smallest absolute Gasteiger partial charge is 0.347 e. The molecule has 0 N–H and O–H groups in total. The molecule has 0 atom stereocenters. The van der Waals surface area contributed by atoms with Gasteiger partial charge >= 0.3 is 5.97 Å². The number of aromatic nitrogens is 2. The highest BCUT2D eigenvalue weighted by molar-refractivity contribution is 5.79. The van der Waals surface area contributed by atoms with Gasteiger partial charge < -0.3 is 14.3 Å². The van der Waals surface area contributed by atoms with E-state index in [9.17, 15) is 9.59 Å². The van der Waals surface area contributed by atoms with Gasteiger partial charge in [-0.1, -0.05) is 11.2 Å². The van der Waals surface area contributed by atoms with Crippen LogP contribution in [0, 0.1) is 6.92 Å². The van der Waals surface area contributed by atoms with Gasteiger partial charge in [-0.2, -0.15) is 0 Å². The first-order chi connectivity index (χ1) is 13.6. The molecule has 0 aliphatic heterocycles. The maximum absolute atomic E-state index is 12.2. The molecule has 144 valence electrons. The fourth-order valence-corrected chi connectivity index (χ4v) is 2.51. The number of benzene rings is 1. The minimum atomic E-state index is -0.613. The van der Waals surface area contributed by atoms with Crippen molar-refractivity contribution in [2.24, 2.45) is 5.16 Å². The van der Waals surface area contributed by atoms with Crippen molar-refractivity contribution < 1.29 is 19.1 Å². The Morgan fingerprint density at radius 1 is 1.21 bits per heavy atom. The van der Waals surface area contributed by atoms with Crippen LogP contribution < -0.4 is 10.3 Å². The van der Waals surface area contributed by atoms with Crippen molar-refractivity contribution in [1.82, 2.24) is 9.38 Å². The molecule has 3 rings (SSSR count). The van der Waals surface area contributed by atoms with Gasteiger partial charge in [0.05, 0.1) is 19.0 Å². The summed E-state index contributed by atoms with van der Waals surface area (Å²) in [6.07, 6.45) is 1.47. The van der Waals surface area contributed by atoms with Crippen LogP contribution >= 0.6 is 0 Å². The highest BCUT2D eigenvalue weighted by Gasteiger charge is 2.08. The molecule has 1 aromatic carbocycles. The second kappa shape index (κ2) is 8.81. The number of aryl methyl sites for hydroxylation is 1. The van der Waals surface area contributed by atoms with E-state index in [2.05, 4.69) is 10.1 Å². The van der Waals surface area contributed by atoms with E-state index in [-0.39, 0.29) is 18.8 Å². The third-order valence-electron chi connectivity index (χ3n) is 3.89. The number of carbonyl (C=O) groups is 1. The van der Waals surface area contributed by atoms with Gasteiger partial charge in [0.1, 0.15) is 18.0 Å². The summed E-state index contributed by atoms with van der Waals surface area (Å²) in [6, 6.07) is 13.9. The van der Waals surface area contributed by atoms with Crippen LogP contribution in [0.4, 0.5) is 0 Å². The zero-order valence-corrected chi connectivity index (χ0v) is 15.5. The third kappa shape index (κ3) is 4.73. The van der Waals surface area contributed by atoms with E-state index in [4.69, 9.17) is 14.3 Å². The lowest BCUT2D eigenvalue weighted by Crippen LogP contribution is -2.19. The summed E-state index contributed by atoms with van der Waals surface area (Å²) in [4.78, 5) is 33.2. The van der Waals surface area contributed by atoms with E-state index in [1.165, 1.54) is 16.7 Å². The number of nitrogens with zero attached hydrogens (tertiary/aromatic N) is 3. The predicted octanol–water partition coefficient (Wildman–Crippen LogP) is 2.11. The van der Waals surface area contributed by atoms with Crippen LogP contribution in [-0.4, -0.2) is 35.3 Å². The number of pyridine rings is 1. The van der Waals surface area contributed by atoms with Crippen molar-refractivity contribution >= 4 is 17.8 Å². The standard InChI is InChI=1S/C20H19N3O5/c1-14-4-3-5-18-22-16(10-19(24)23(14)18)12-27-20(25)13-28-21-11-15-6-8-17(26-2)9-7-15/h3-11H,12-13H2,1-2H3/b21-11-. The lowest BCUT2D eigenvalue weighted by atomic mass is 10.2. The van der Waals surface area contributed by atoms with Gasteiger partial charge in [0, 0.05) is 11.8 Å². The molecule has 0 spiro atoms. The number of rotatable bonds is 7. The van der Waals surface area contributed by atoms with Gasteiger partial charge in [-0.25, -0.2) is 9.78 Å². The van der Waals surface area contributed by atoms with Crippen molar-refractivity contribution in [2.45, 2.75) is 13.5 Å². The lowest BCUT2D eigenvalue weighted by molar-refractivity contribution is -0.150. The van der Waals surface area contributed by atoms with Crippen molar-refractivity contribution in [3.05, 3.63) is 75.8 Å². The van der Waals surface area contributed by atoms with Crippen LogP contribution in [0.15, 0.2) is 58.5 Å². The summed E-state index contributed by atoms with van der Waals surface area (Å²) < 4.78 is 11.6. The number of esters is 1. The number of fused-ring (bicyclic) bond motifs is 1. The summed E-state index contributed by atoms with van der Waals surface area (Å²) in [5, 5.41) is 3.72. The lowest BCUT2D eigenvalue weighted by Gasteiger charge is -2.07. The van der Waals surface area contributed by atoms with Gasteiger partial charge in [-0.05, 0) is 48.9 Å². The molecule has 0 aliphatic carbocycles. The van der Waals surface area contributed by atoms with Gasteiger partial charge in [0.2, 0.25) is 6.61 Å². The van der Waals surface area contributed by atoms with Gasteiger partial charge in [0.15, 0.2) is 0 Å². The van der Waals surface area contributed by atoms with E-state index in [1.54, 1.807) is 37.4 Å². The van der Waals surface area contributed by atoms with E-state index in [0.717, 1.165) is 17.0 Å². The first kappa shape index (κ1) is 19.1.